The van der Waals surface area contributed by atoms with Gasteiger partial charge in [0, 0.05) is 0 Å². The van der Waals surface area contributed by atoms with E-state index in [1.807, 2.05) is 0 Å². The van der Waals surface area contributed by atoms with Gasteiger partial charge in [0.25, 0.3) is 0 Å². The molecule has 0 spiro atoms. The van der Waals surface area contributed by atoms with E-state index in [9.17, 15) is 39.6 Å². The van der Waals surface area contributed by atoms with Crippen LogP contribution in [0.4, 0.5) is 32.0 Å². The number of nitrogens with two attached hydrogens (primary N) is 1. The van der Waals surface area contributed by atoms with E-state index in [4.69, 9.17) is 4.55 Å². The Hall–Kier alpha value is -2.02. The van der Waals surface area contributed by atoms with Gasteiger partial charge in [-0.05, 0) is 0 Å². The summed E-state index contributed by atoms with van der Waals surface area (Å²) in [5, 5.41) is -5.00. The minimum absolute atomic E-state index is 1.60. The van der Waals surface area contributed by atoms with Crippen LogP contribution in [0.15, 0.2) is 0 Å². The minimum atomic E-state index is -5.99. The van der Waals surface area contributed by atoms with Crippen LogP contribution in [-0.4, -0.2) is 30.8 Å². The number of alkyl halides is 2. The number of benzene rings is 1. The molecule has 13 heteroatoms. The summed E-state index contributed by atoms with van der Waals surface area (Å²) in [6.07, 6.45) is 0. The van der Waals surface area contributed by atoms with Gasteiger partial charge in [-0.3, -0.25) is 4.55 Å². The summed E-state index contributed by atoms with van der Waals surface area (Å²) in [4.78, 5) is 11.2. The van der Waals surface area contributed by atoms with Crippen molar-refractivity contribution in [2.75, 3.05) is 12.3 Å². The number of rotatable bonds is 4. The second-order valence-electron chi connectivity index (χ2n) is 3.73. The molecule has 0 aliphatic rings. The lowest BCUT2D eigenvalue weighted by atomic mass is 10.1. The SMILES string of the molecule is Nc1c(F)c(F)c(C(=O)OCC(F)(F)S(=O)(=O)O)c(F)c1F. The Bertz CT molecular complexity index is 705. The Morgan fingerprint density at radius 3 is 1.86 bits per heavy atom. The summed E-state index contributed by atoms with van der Waals surface area (Å²) >= 11 is 0. The highest BCUT2D eigenvalue weighted by Gasteiger charge is 2.46. The maximum absolute atomic E-state index is 13.3. The summed E-state index contributed by atoms with van der Waals surface area (Å²) < 4.78 is 110. The highest BCUT2D eigenvalue weighted by Crippen LogP contribution is 2.27. The fourth-order valence-electron chi connectivity index (χ4n) is 1.12. The number of esters is 1. The first-order valence-corrected chi connectivity index (χ1v) is 6.38. The van der Waals surface area contributed by atoms with Crippen LogP contribution in [0.5, 0.6) is 0 Å². The molecule has 0 aliphatic carbocycles. The van der Waals surface area contributed by atoms with Gasteiger partial charge in [-0.25, -0.2) is 22.4 Å². The zero-order valence-electron chi connectivity index (χ0n) is 10.0. The molecular formula is C9H5F6NO5S. The van der Waals surface area contributed by atoms with Gasteiger partial charge in [-0.1, -0.05) is 0 Å². The average Bonchev–Trinajstić information content (AvgIpc) is 2.40. The molecule has 0 amide bonds. The van der Waals surface area contributed by atoms with E-state index in [0.29, 0.717) is 0 Å². The first-order chi connectivity index (χ1) is 9.81. The van der Waals surface area contributed by atoms with Crippen LogP contribution in [0.25, 0.3) is 0 Å². The molecule has 0 radical (unpaired) electrons. The Morgan fingerprint density at radius 2 is 1.50 bits per heavy atom. The van der Waals surface area contributed by atoms with Gasteiger partial charge in [0.2, 0.25) is 0 Å². The van der Waals surface area contributed by atoms with Crippen molar-refractivity contribution in [1.29, 1.82) is 0 Å². The second kappa shape index (κ2) is 5.64. The van der Waals surface area contributed by atoms with Crippen molar-refractivity contribution in [3.63, 3.8) is 0 Å². The van der Waals surface area contributed by atoms with E-state index >= 15 is 0 Å². The summed E-state index contributed by atoms with van der Waals surface area (Å²) in [7, 11) is -5.99. The van der Waals surface area contributed by atoms with Gasteiger partial charge in [-0.15, -0.1) is 0 Å². The lowest BCUT2D eigenvalue weighted by molar-refractivity contribution is -0.0102. The number of hydrogen-bond donors (Lipinski definition) is 2. The number of hydrogen-bond acceptors (Lipinski definition) is 5. The number of carbonyl (C=O) groups is 1. The number of anilines is 1. The van der Waals surface area contributed by atoms with Crippen LogP contribution < -0.4 is 5.73 Å². The zero-order valence-corrected chi connectivity index (χ0v) is 10.9. The van der Waals surface area contributed by atoms with Gasteiger partial charge < -0.3 is 10.5 Å². The van der Waals surface area contributed by atoms with Gasteiger partial charge in [-0.2, -0.15) is 17.2 Å². The molecule has 6 nitrogen and oxygen atoms in total. The number of halogens is 6. The molecule has 124 valence electrons. The summed E-state index contributed by atoms with van der Waals surface area (Å²) in [5.74, 6) is -11.3. The Morgan fingerprint density at radius 1 is 1.09 bits per heavy atom. The van der Waals surface area contributed by atoms with Crippen LogP contribution in [0.3, 0.4) is 0 Å². The van der Waals surface area contributed by atoms with Gasteiger partial charge in [0.15, 0.2) is 29.9 Å². The Balaban J connectivity index is 3.17. The topological polar surface area (TPSA) is 107 Å². The summed E-state index contributed by atoms with van der Waals surface area (Å²) in [6.45, 7) is -2.35. The molecule has 1 rings (SSSR count). The highest BCUT2D eigenvalue weighted by atomic mass is 32.2. The van der Waals surface area contributed by atoms with Crippen LogP contribution in [0.2, 0.25) is 0 Å². The molecule has 0 saturated carbocycles. The lowest BCUT2D eigenvalue weighted by Gasteiger charge is -2.14. The van der Waals surface area contributed by atoms with Crippen LogP contribution in [-0.2, 0) is 14.9 Å². The first kappa shape index (κ1) is 18.0. The lowest BCUT2D eigenvalue weighted by Crippen LogP contribution is -2.35. The van der Waals surface area contributed by atoms with Crippen molar-refractivity contribution in [2.24, 2.45) is 0 Å². The Labute approximate surface area is 118 Å². The molecule has 3 N–H and O–H groups in total. The van der Waals surface area contributed by atoms with E-state index in [-0.39, 0.29) is 0 Å². The maximum atomic E-state index is 13.3. The smallest absolute Gasteiger partial charge is 0.402 e. The zero-order chi connectivity index (χ0) is 17.5. The third kappa shape index (κ3) is 3.09. The molecular weight excluding hydrogens is 348 g/mol. The van der Waals surface area contributed by atoms with Gasteiger partial charge in [0.05, 0.1) is 0 Å². The Kier molecular flexibility index (Phi) is 4.62. The first-order valence-electron chi connectivity index (χ1n) is 4.94. The monoisotopic (exact) mass is 353 g/mol. The third-order valence-corrected chi connectivity index (χ3v) is 3.12. The molecule has 1 aromatic carbocycles. The van der Waals surface area contributed by atoms with E-state index < -0.39 is 62.5 Å². The molecule has 0 aliphatic heterocycles. The van der Waals surface area contributed by atoms with E-state index in [1.165, 1.54) is 0 Å². The summed E-state index contributed by atoms with van der Waals surface area (Å²) in [6, 6.07) is 0. The standard InChI is InChI=1S/C9H5F6NO5S/c10-3-2(4(11)6(13)7(16)5(3)12)8(17)21-1-9(14,15)22(18,19)20/h1,16H2,(H,18,19,20). The third-order valence-electron chi connectivity index (χ3n) is 2.25. The average molecular weight is 353 g/mol. The van der Waals surface area contributed by atoms with Gasteiger partial charge in [0.1, 0.15) is 11.3 Å². The minimum Gasteiger partial charge on any atom is -0.454 e. The van der Waals surface area contributed by atoms with E-state index in [2.05, 4.69) is 10.5 Å². The largest absolute Gasteiger partial charge is 0.454 e. The quantitative estimate of drug-likeness (QED) is 0.279. The predicted octanol–water partition coefficient (Wildman–Crippen LogP) is 1.46. The van der Waals surface area contributed by atoms with Crippen molar-refractivity contribution in [3.05, 3.63) is 28.8 Å². The summed E-state index contributed by atoms with van der Waals surface area (Å²) in [5.41, 5.74) is 1.00. The van der Waals surface area contributed by atoms with Crippen molar-refractivity contribution < 1.29 is 48.8 Å². The molecule has 22 heavy (non-hydrogen) atoms. The normalized spacial score (nSPS) is 12.3. The molecule has 1 aromatic rings. The van der Waals surface area contributed by atoms with Crippen molar-refractivity contribution in [2.45, 2.75) is 5.25 Å². The van der Waals surface area contributed by atoms with Crippen molar-refractivity contribution >= 4 is 21.8 Å². The number of ether oxygens (including phenoxy) is 1. The molecule has 0 fully saturated rings. The maximum Gasteiger partial charge on any atom is 0.402 e. The van der Waals surface area contributed by atoms with Crippen LogP contribution in [0, 0.1) is 23.3 Å². The molecule has 0 saturated heterocycles. The van der Waals surface area contributed by atoms with Crippen molar-refractivity contribution in [1.82, 2.24) is 0 Å². The highest BCUT2D eigenvalue weighted by molar-refractivity contribution is 7.86. The molecule has 0 unspecified atom stereocenters. The number of nitrogen functional groups attached to an aromatic ring is 1. The van der Waals surface area contributed by atoms with E-state index in [1.54, 1.807) is 0 Å². The molecule has 0 aromatic heterocycles. The predicted molar refractivity (Wildman–Crippen MR) is 57.5 cm³/mol. The fraction of sp³-hybridized carbons (Fsp3) is 0.222. The van der Waals surface area contributed by atoms with Crippen molar-refractivity contribution in [3.8, 4) is 0 Å². The fourth-order valence-corrected chi connectivity index (χ4v) is 1.33. The number of carbonyl (C=O) groups excluding carboxylic acids is 1. The molecule has 0 bridgehead atoms. The molecule has 0 atom stereocenters. The van der Waals surface area contributed by atoms with Crippen LogP contribution in [0.1, 0.15) is 10.4 Å². The van der Waals surface area contributed by atoms with Gasteiger partial charge >= 0.3 is 21.3 Å². The molecule has 0 heterocycles. The second-order valence-corrected chi connectivity index (χ2v) is 5.28. The van der Waals surface area contributed by atoms with E-state index in [0.717, 1.165) is 0 Å². The van der Waals surface area contributed by atoms with Crippen LogP contribution >= 0.6 is 0 Å².